The van der Waals surface area contributed by atoms with Crippen LogP contribution in [0.1, 0.15) is 0 Å². The quantitative estimate of drug-likeness (QED) is 0.346. The highest BCUT2D eigenvalue weighted by molar-refractivity contribution is 6.05. The van der Waals surface area contributed by atoms with Gasteiger partial charge < -0.3 is 5.73 Å². The molecule has 0 aliphatic rings. The van der Waals surface area contributed by atoms with E-state index in [1.165, 1.54) is 38.2 Å². The van der Waals surface area contributed by atoms with Crippen molar-refractivity contribution in [3.05, 3.63) is 103 Å². The van der Waals surface area contributed by atoms with Gasteiger partial charge in [0.2, 0.25) is 0 Å². The van der Waals surface area contributed by atoms with Gasteiger partial charge >= 0.3 is 0 Å². The number of rotatable bonds is 2. The second-order valence-electron chi connectivity index (χ2n) is 6.90. The molecule has 0 aromatic heterocycles. The Morgan fingerprint density at radius 3 is 2.07 bits per heavy atom. The van der Waals surface area contributed by atoms with Crippen molar-refractivity contribution in [2.24, 2.45) is 0 Å². The Bertz CT molecular complexity index is 1280. The third kappa shape index (κ3) is 2.74. The Kier molecular flexibility index (Phi) is 3.65. The monoisotopic (exact) mass is 345 g/mol. The first-order chi connectivity index (χ1) is 13.3. The van der Waals surface area contributed by atoms with Gasteiger partial charge in [0, 0.05) is 5.69 Å². The van der Waals surface area contributed by atoms with Crippen LogP contribution in [0.15, 0.2) is 103 Å². The summed E-state index contributed by atoms with van der Waals surface area (Å²) in [5.41, 5.74) is 11.7. The molecule has 5 aromatic rings. The van der Waals surface area contributed by atoms with E-state index in [2.05, 4.69) is 91.0 Å². The first-order valence-electron chi connectivity index (χ1n) is 9.16. The van der Waals surface area contributed by atoms with Gasteiger partial charge in [0.15, 0.2) is 0 Å². The van der Waals surface area contributed by atoms with E-state index in [0.717, 1.165) is 11.3 Å². The first kappa shape index (κ1) is 15.7. The standard InChI is InChI=1S/C26H19N/c27-23-10-5-9-21(17-23)25-15-14-19-7-3-4-11-24(19)26(25)22-13-12-18-6-1-2-8-20(18)16-22/h1-17H,27H2. The third-order valence-corrected chi connectivity index (χ3v) is 5.16. The van der Waals surface area contributed by atoms with Crippen LogP contribution in [0.5, 0.6) is 0 Å². The van der Waals surface area contributed by atoms with Gasteiger partial charge in [-0.1, -0.05) is 84.9 Å². The summed E-state index contributed by atoms with van der Waals surface area (Å²) < 4.78 is 0. The molecule has 128 valence electrons. The molecule has 0 heterocycles. The summed E-state index contributed by atoms with van der Waals surface area (Å²) in [5.74, 6) is 0. The number of anilines is 1. The number of benzene rings is 5. The average molecular weight is 345 g/mol. The summed E-state index contributed by atoms with van der Waals surface area (Å²) in [5, 5.41) is 5.01. The number of hydrogen-bond donors (Lipinski definition) is 1. The van der Waals surface area contributed by atoms with Crippen molar-refractivity contribution < 1.29 is 0 Å². The minimum absolute atomic E-state index is 0.783. The molecule has 0 radical (unpaired) electrons. The van der Waals surface area contributed by atoms with Crippen LogP contribution in [-0.2, 0) is 0 Å². The minimum atomic E-state index is 0.783. The maximum atomic E-state index is 6.07. The van der Waals surface area contributed by atoms with E-state index < -0.39 is 0 Å². The number of nitrogens with two attached hydrogens (primary N) is 1. The van der Waals surface area contributed by atoms with Crippen molar-refractivity contribution in [3.63, 3.8) is 0 Å². The molecule has 2 N–H and O–H groups in total. The smallest absolute Gasteiger partial charge is 0.0320 e. The molecule has 0 aliphatic heterocycles. The van der Waals surface area contributed by atoms with E-state index in [4.69, 9.17) is 5.73 Å². The molecule has 0 bridgehead atoms. The van der Waals surface area contributed by atoms with Gasteiger partial charge in [-0.25, -0.2) is 0 Å². The lowest BCUT2D eigenvalue weighted by atomic mass is 9.89. The number of nitrogen functional groups attached to an aromatic ring is 1. The van der Waals surface area contributed by atoms with Crippen molar-refractivity contribution >= 4 is 27.2 Å². The zero-order valence-corrected chi connectivity index (χ0v) is 14.9. The lowest BCUT2D eigenvalue weighted by molar-refractivity contribution is 1.61. The Morgan fingerprint density at radius 1 is 0.481 bits per heavy atom. The van der Waals surface area contributed by atoms with Crippen LogP contribution in [0.25, 0.3) is 43.8 Å². The predicted octanol–water partition coefficient (Wildman–Crippen LogP) is 6.91. The van der Waals surface area contributed by atoms with E-state index >= 15 is 0 Å². The molecule has 0 unspecified atom stereocenters. The molecule has 1 heteroatoms. The van der Waals surface area contributed by atoms with Gasteiger partial charge in [-0.05, 0) is 62.0 Å². The van der Waals surface area contributed by atoms with Gasteiger partial charge in [-0.3, -0.25) is 0 Å². The number of fused-ring (bicyclic) bond motifs is 2. The molecule has 5 rings (SSSR count). The lowest BCUT2D eigenvalue weighted by Crippen LogP contribution is -1.90. The van der Waals surface area contributed by atoms with Gasteiger partial charge in [0.1, 0.15) is 0 Å². The Hall–Kier alpha value is -3.58. The zero-order valence-electron chi connectivity index (χ0n) is 14.9. The Balaban J connectivity index is 1.86. The maximum Gasteiger partial charge on any atom is 0.0320 e. The third-order valence-electron chi connectivity index (χ3n) is 5.16. The average Bonchev–Trinajstić information content (AvgIpc) is 2.72. The van der Waals surface area contributed by atoms with Crippen molar-refractivity contribution in [1.29, 1.82) is 0 Å². The zero-order chi connectivity index (χ0) is 18.2. The fourth-order valence-electron chi connectivity index (χ4n) is 3.87. The SMILES string of the molecule is Nc1cccc(-c2ccc3ccccc3c2-c2ccc3ccccc3c2)c1. The normalized spacial score (nSPS) is 11.1. The second kappa shape index (κ2) is 6.30. The van der Waals surface area contributed by atoms with Crippen molar-refractivity contribution in [3.8, 4) is 22.3 Å². The molecule has 27 heavy (non-hydrogen) atoms. The van der Waals surface area contributed by atoms with E-state index in [1.807, 2.05) is 12.1 Å². The van der Waals surface area contributed by atoms with Crippen LogP contribution < -0.4 is 5.73 Å². The van der Waals surface area contributed by atoms with Crippen molar-refractivity contribution in [2.45, 2.75) is 0 Å². The van der Waals surface area contributed by atoms with Crippen LogP contribution in [0, 0.1) is 0 Å². The number of hydrogen-bond acceptors (Lipinski definition) is 1. The van der Waals surface area contributed by atoms with Crippen molar-refractivity contribution in [2.75, 3.05) is 5.73 Å². The van der Waals surface area contributed by atoms with Gasteiger partial charge in [0.25, 0.3) is 0 Å². The second-order valence-corrected chi connectivity index (χ2v) is 6.90. The van der Waals surface area contributed by atoms with Gasteiger partial charge in [-0.15, -0.1) is 0 Å². The van der Waals surface area contributed by atoms with Crippen LogP contribution in [-0.4, -0.2) is 0 Å². The molecule has 0 amide bonds. The molecule has 0 saturated carbocycles. The van der Waals surface area contributed by atoms with Gasteiger partial charge in [0.05, 0.1) is 0 Å². The summed E-state index contributed by atoms with van der Waals surface area (Å²) in [6.45, 7) is 0. The minimum Gasteiger partial charge on any atom is -0.399 e. The lowest BCUT2D eigenvalue weighted by Gasteiger charge is -2.15. The predicted molar refractivity (Wildman–Crippen MR) is 117 cm³/mol. The highest BCUT2D eigenvalue weighted by atomic mass is 14.5. The first-order valence-corrected chi connectivity index (χ1v) is 9.16. The molecular weight excluding hydrogens is 326 g/mol. The maximum absolute atomic E-state index is 6.07. The van der Waals surface area contributed by atoms with Gasteiger partial charge in [-0.2, -0.15) is 0 Å². The van der Waals surface area contributed by atoms with E-state index in [-0.39, 0.29) is 0 Å². The topological polar surface area (TPSA) is 26.0 Å². The molecule has 0 aliphatic carbocycles. The van der Waals surface area contributed by atoms with E-state index in [1.54, 1.807) is 0 Å². The fourth-order valence-corrected chi connectivity index (χ4v) is 3.87. The largest absolute Gasteiger partial charge is 0.399 e. The molecule has 0 saturated heterocycles. The highest BCUT2D eigenvalue weighted by Gasteiger charge is 2.12. The van der Waals surface area contributed by atoms with Crippen molar-refractivity contribution in [1.82, 2.24) is 0 Å². The molecule has 0 spiro atoms. The summed E-state index contributed by atoms with van der Waals surface area (Å²) in [4.78, 5) is 0. The summed E-state index contributed by atoms with van der Waals surface area (Å²) in [6, 6.07) is 36.3. The molecule has 5 aromatic carbocycles. The molecule has 1 nitrogen and oxygen atoms in total. The van der Waals surface area contributed by atoms with Crippen LogP contribution in [0.4, 0.5) is 5.69 Å². The van der Waals surface area contributed by atoms with E-state index in [0.29, 0.717) is 0 Å². The summed E-state index contributed by atoms with van der Waals surface area (Å²) >= 11 is 0. The Morgan fingerprint density at radius 2 is 1.22 bits per heavy atom. The van der Waals surface area contributed by atoms with E-state index in [9.17, 15) is 0 Å². The summed E-state index contributed by atoms with van der Waals surface area (Å²) in [7, 11) is 0. The fraction of sp³-hybridized carbons (Fsp3) is 0. The Labute approximate surface area is 158 Å². The molecular formula is C26H19N. The van der Waals surface area contributed by atoms with Crippen LogP contribution >= 0.6 is 0 Å². The summed E-state index contributed by atoms with van der Waals surface area (Å²) in [6.07, 6.45) is 0. The molecule has 0 atom stereocenters. The molecule has 0 fully saturated rings. The highest BCUT2D eigenvalue weighted by Crippen LogP contribution is 2.39. The van der Waals surface area contributed by atoms with Crippen LogP contribution in [0.3, 0.4) is 0 Å². The van der Waals surface area contributed by atoms with Crippen LogP contribution in [0.2, 0.25) is 0 Å².